The van der Waals surface area contributed by atoms with E-state index >= 15 is 0 Å². The van der Waals surface area contributed by atoms with Crippen molar-refractivity contribution in [1.82, 2.24) is 9.97 Å². The highest BCUT2D eigenvalue weighted by molar-refractivity contribution is 9.10. The van der Waals surface area contributed by atoms with Crippen molar-refractivity contribution in [2.75, 3.05) is 12.4 Å². The Morgan fingerprint density at radius 1 is 1.33 bits per heavy atom. The van der Waals surface area contributed by atoms with Crippen LogP contribution in [0.5, 0.6) is 5.88 Å². The van der Waals surface area contributed by atoms with E-state index in [2.05, 4.69) is 31.2 Å². The summed E-state index contributed by atoms with van der Waals surface area (Å²) in [5.41, 5.74) is 1.04. The van der Waals surface area contributed by atoms with Crippen LogP contribution in [0.4, 0.5) is 5.95 Å². The van der Waals surface area contributed by atoms with Crippen molar-refractivity contribution in [3.05, 3.63) is 45.5 Å². The fraction of sp³-hybridized carbons (Fsp3) is 0.167. The largest absolute Gasteiger partial charge is 0.472 e. The minimum atomic E-state index is 0.374. The average molecular weight is 329 g/mol. The van der Waals surface area contributed by atoms with Crippen LogP contribution in [0, 0.1) is 0 Å². The zero-order valence-corrected chi connectivity index (χ0v) is 12.0. The molecule has 0 atom stereocenters. The van der Waals surface area contributed by atoms with Crippen molar-refractivity contribution < 1.29 is 4.74 Å². The Kier molecular flexibility index (Phi) is 4.38. The molecular weight excluding hydrogens is 318 g/mol. The van der Waals surface area contributed by atoms with Gasteiger partial charge >= 0.3 is 0 Å². The van der Waals surface area contributed by atoms with E-state index in [9.17, 15) is 0 Å². The lowest BCUT2D eigenvalue weighted by Crippen LogP contribution is -2.02. The summed E-state index contributed by atoms with van der Waals surface area (Å²) in [5.74, 6) is 0.851. The van der Waals surface area contributed by atoms with E-state index in [0.717, 1.165) is 10.0 Å². The second kappa shape index (κ2) is 6.02. The zero-order chi connectivity index (χ0) is 13.0. The minimum Gasteiger partial charge on any atom is -0.472 e. The predicted molar refractivity (Wildman–Crippen MR) is 75.1 cm³/mol. The molecule has 18 heavy (non-hydrogen) atoms. The molecule has 0 radical (unpaired) electrons. The van der Waals surface area contributed by atoms with Crippen molar-refractivity contribution in [2.24, 2.45) is 0 Å². The molecule has 1 N–H and O–H groups in total. The number of hydrogen-bond acceptors (Lipinski definition) is 4. The summed E-state index contributed by atoms with van der Waals surface area (Å²) in [4.78, 5) is 8.12. The maximum atomic E-state index is 5.96. The van der Waals surface area contributed by atoms with Crippen molar-refractivity contribution >= 4 is 33.5 Å². The first-order valence-electron chi connectivity index (χ1n) is 5.26. The number of anilines is 1. The van der Waals surface area contributed by atoms with E-state index in [1.807, 2.05) is 24.3 Å². The van der Waals surface area contributed by atoms with E-state index in [1.165, 1.54) is 6.20 Å². The van der Waals surface area contributed by atoms with Crippen LogP contribution in [-0.4, -0.2) is 17.0 Å². The second-order valence-electron chi connectivity index (χ2n) is 3.51. The second-order valence-corrected chi connectivity index (χ2v) is 4.83. The Morgan fingerprint density at radius 2 is 2.06 bits per heavy atom. The predicted octanol–water partition coefficient (Wildman–Crippen LogP) is 3.51. The van der Waals surface area contributed by atoms with Crippen molar-refractivity contribution in [1.29, 1.82) is 0 Å². The number of aromatic nitrogens is 2. The van der Waals surface area contributed by atoms with E-state index in [1.54, 1.807) is 7.05 Å². The lowest BCUT2D eigenvalue weighted by atomic mass is 10.2. The molecule has 1 aromatic carbocycles. The Balaban J connectivity index is 2.07. The summed E-state index contributed by atoms with van der Waals surface area (Å²) in [6, 6.07) is 7.86. The molecule has 2 aromatic rings. The van der Waals surface area contributed by atoms with Crippen molar-refractivity contribution in [3.8, 4) is 5.88 Å². The molecule has 1 heterocycles. The van der Waals surface area contributed by atoms with Crippen LogP contribution in [0.15, 0.2) is 34.9 Å². The molecule has 4 nitrogen and oxygen atoms in total. The summed E-state index contributed by atoms with van der Waals surface area (Å²) in [6.07, 6.45) is 1.51. The first kappa shape index (κ1) is 13.1. The Labute approximate surface area is 118 Å². The van der Waals surface area contributed by atoms with E-state index in [0.29, 0.717) is 23.5 Å². The van der Waals surface area contributed by atoms with Crippen LogP contribution in [-0.2, 0) is 6.61 Å². The molecule has 1 aromatic heterocycles. The first-order chi connectivity index (χ1) is 8.69. The molecule has 0 bridgehead atoms. The van der Waals surface area contributed by atoms with Gasteiger partial charge in [-0.2, -0.15) is 4.98 Å². The van der Waals surface area contributed by atoms with Gasteiger partial charge in [-0.3, -0.25) is 0 Å². The van der Waals surface area contributed by atoms with Gasteiger partial charge in [0.2, 0.25) is 11.8 Å². The number of hydrogen-bond donors (Lipinski definition) is 1. The normalized spacial score (nSPS) is 10.2. The molecule has 0 saturated heterocycles. The monoisotopic (exact) mass is 327 g/mol. The van der Waals surface area contributed by atoms with Crippen LogP contribution < -0.4 is 10.1 Å². The molecule has 0 aliphatic rings. The summed E-state index contributed by atoms with van der Waals surface area (Å²) in [5, 5.41) is 3.23. The van der Waals surface area contributed by atoms with Crippen LogP contribution in [0.1, 0.15) is 5.56 Å². The van der Waals surface area contributed by atoms with Gasteiger partial charge in [0.1, 0.15) is 11.6 Å². The molecule has 0 fully saturated rings. The fourth-order valence-electron chi connectivity index (χ4n) is 1.31. The summed E-state index contributed by atoms with van der Waals surface area (Å²) in [6.45, 7) is 0.410. The molecule has 2 rings (SSSR count). The maximum absolute atomic E-state index is 5.96. The van der Waals surface area contributed by atoms with E-state index in [4.69, 9.17) is 16.3 Å². The van der Waals surface area contributed by atoms with Gasteiger partial charge in [0.25, 0.3) is 0 Å². The standard InChI is InChI=1S/C12H11BrClN3O/c1-15-12-16-6-10(14)11(17-12)18-7-8-2-4-9(13)5-3-8/h2-6H,7H2,1H3,(H,15,16,17). The van der Waals surface area contributed by atoms with Crippen LogP contribution in [0.25, 0.3) is 0 Å². The molecule has 0 aliphatic heterocycles. The number of rotatable bonds is 4. The van der Waals surface area contributed by atoms with E-state index in [-0.39, 0.29) is 0 Å². The van der Waals surface area contributed by atoms with Gasteiger partial charge in [0.15, 0.2) is 0 Å². The van der Waals surface area contributed by atoms with Gasteiger partial charge in [-0.15, -0.1) is 0 Å². The highest BCUT2D eigenvalue weighted by Crippen LogP contribution is 2.23. The number of ether oxygens (including phenoxy) is 1. The Hall–Kier alpha value is -1.33. The molecule has 0 spiro atoms. The molecule has 0 unspecified atom stereocenters. The lowest BCUT2D eigenvalue weighted by Gasteiger charge is -2.08. The SMILES string of the molecule is CNc1ncc(Cl)c(OCc2ccc(Br)cc2)n1. The van der Waals surface area contributed by atoms with Crippen LogP contribution >= 0.6 is 27.5 Å². The zero-order valence-electron chi connectivity index (χ0n) is 9.65. The van der Waals surface area contributed by atoms with Crippen LogP contribution in [0.2, 0.25) is 5.02 Å². The minimum absolute atomic E-state index is 0.374. The Morgan fingerprint density at radius 3 is 2.72 bits per heavy atom. The molecule has 94 valence electrons. The summed E-state index contributed by atoms with van der Waals surface area (Å²) >= 11 is 9.34. The van der Waals surface area contributed by atoms with Gasteiger partial charge in [0, 0.05) is 11.5 Å². The summed E-state index contributed by atoms with van der Waals surface area (Å²) < 4.78 is 6.60. The average Bonchev–Trinajstić information content (AvgIpc) is 2.40. The lowest BCUT2D eigenvalue weighted by molar-refractivity contribution is 0.294. The number of nitrogens with one attached hydrogen (secondary N) is 1. The number of nitrogens with zero attached hydrogens (tertiary/aromatic N) is 2. The van der Waals surface area contributed by atoms with Gasteiger partial charge in [-0.05, 0) is 17.7 Å². The van der Waals surface area contributed by atoms with Gasteiger partial charge in [-0.1, -0.05) is 39.7 Å². The van der Waals surface area contributed by atoms with Crippen molar-refractivity contribution in [2.45, 2.75) is 6.61 Å². The molecule has 6 heteroatoms. The van der Waals surface area contributed by atoms with Crippen LogP contribution in [0.3, 0.4) is 0 Å². The highest BCUT2D eigenvalue weighted by Gasteiger charge is 2.06. The van der Waals surface area contributed by atoms with Gasteiger partial charge in [-0.25, -0.2) is 4.98 Å². The molecular formula is C12H11BrClN3O. The number of benzene rings is 1. The van der Waals surface area contributed by atoms with Gasteiger partial charge in [0.05, 0.1) is 6.20 Å². The maximum Gasteiger partial charge on any atom is 0.237 e. The molecule has 0 saturated carbocycles. The topological polar surface area (TPSA) is 47.0 Å². The first-order valence-corrected chi connectivity index (χ1v) is 6.43. The smallest absolute Gasteiger partial charge is 0.237 e. The molecule has 0 amide bonds. The third-order valence-corrected chi connectivity index (χ3v) is 3.01. The fourth-order valence-corrected chi connectivity index (χ4v) is 1.72. The molecule has 0 aliphatic carbocycles. The van der Waals surface area contributed by atoms with Gasteiger partial charge < -0.3 is 10.1 Å². The highest BCUT2D eigenvalue weighted by atomic mass is 79.9. The number of halogens is 2. The summed E-state index contributed by atoms with van der Waals surface area (Å²) in [7, 11) is 1.74. The third-order valence-electron chi connectivity index (χ3n) is 2.22. The van der Waals surface area contributed by atoms with E-state index < -0.39 is 0 Å². The van der Waals surface area contributed by atoms with Crippen molar-refractivity contribution in [3.63, 3.8) is 0 Å². The quantitative estimate of drug-likeness (QED) is 0.933. The third kappa shape index (κ3) is 3.34. The Bertz CT molecular complexity index is 533.